The van der Waals surface area contributed by atoms with Crippen LogP contribution < -0.4 is 15.8 Å². The molecule has 2 N–H and O–H groups in total. The quantitative estimate of drug-likeness (QED) is 0.413. The molecule has 220 valence electrons. The fourth-order valence-electron chi connectivity index (χ4n) is 5.81. The molecule has 2 saturated heterocycles. The second-order valence-electron chi connectivity index (χ2n) is 11.2. The summed E-state index contributed by atoms with van der Waals surface area (Å²) in [4.78, 5) is 33.7. The third-order valence-corrected chi connectivity index (χ3v) is 8.38. The average Bonchev–Trinajstić information content (AvgIpc) is 3.45. The lowest BCUT2D eigenvalue weighted by atomic mass is 9.96. The number of pyridine rings is 1. The number of morpholine rings is 1. The number of hydrogen-bond acceptors (Lipinski definition) is 7. The molecule has 5 rings (SSSR count). The van der Waals surface area contributed by atoms with E-state index in [2.05, 4.69) is 44.5 Å². The van der Waals surface area contributed by atoms with Gasteiger partial charge in [-0.05, 0) is 68.5 Å². The van der Waals surface area contributed by atoms with E-state index in [1.54, 1.807) is 0 Å². The third-order valence-electron chi connectivity index (χ3n) is 8.38. The van der Waals surface area contributed by atoms with Crippen molar-refractivity contribution in [1.29, 1.82) is 0 Å². The first-order chi connectivity index (χ1) is 19.8. The lowest BCUT2D eigenvalue weighted by Gasteiger charge is -2.34. The first-order valence-corrected chi connectivity index (χ1v) is 14.6. The van der Waals surface area contributed by atoms with Crippen LogP contribution in [-0.2, 0) is 22.6 Å². The van der Waals surface area contributed by atoms with Crippen molar-refractivity contribution >= 4 is 11.6 Å². The Kier molecular flexibility index (Phi) is 9.22. The molecule has 0 bridgehead atoms. The molecular formula is C31H42N6O4. The highest BCUT2D eigenvalue weighted by Gasteiger charge is 2.24. The highest BCUT2D eigenvalue weighted by Crippen LogP contribution is 2.33. The molecule has 0 spiro atoms. The van der Waals surface area contributed by atoms with Gasteiger partial charge < -0.3 is 24.7 Å². The lowest BCUT2D eigenvalue weighted by Crippen LogP contribution is -2.38. The molecule has 1 amide bonds. The fraction of sp³-hybridized carbons (Fsp3) is 0.516. The molecule has 2 aliphatic rings. The Morgan fingerprint density at radius 3 is 2.51 bits per heavy atom. The summed E-state index contributed by atoms with van der Waals surface area (Å²) in [6, 6.07) is 6.37. The maximum Gasteiger partial charge on any atom is 0.253 e. The number of ether oxygens (including phenoxy) is 2. The largest absolute Gasteiger partial charge is 0.381 e. The van der Waals surface area contributed by atoms with Crippen LogP contribution in [0, 0.1) is 20.8 Å². The van der Waals surface area contributed by atoms with Crippen LogP contribution in [0.15, 0.2) is 35.4 Å². The number of H-pyrrole nitrogens is 1. The predicted octanol–water partition coefficient (Wildman–Crippen LogP) is 3.04. The van der Waals surface area contributed by atoms with E-state index in [1.807, 2.05) is 43.8 Å². The van der Waals surface area contributed by atoms with E-state index in [0.717, 1.165) is 99.1 Å². The molecule has 3 aromatic rings. The van der Waals surface area contributed by atoms with E-state index in [0.29, 0.717) is 17.2 Å². The Bertz CT molecular complexity index is 1420. The molecule has 1 aromatic carbocycles. The van der Waals surface area contributed by atoms with E-state index in [1.165, 1.54) is 0 Å². The van der Waals surface area contributed by atoms with E-state index in [4.69, 9.17) is 9.47 Å². The number of aryl methyl sites for hydroxylation is 2. The molecule has 4 heterocycles. The van der Waals surface area contributed by atoms with Crippen molar-refractivity contribution in [2.24, 2.45) is 0 Å². The number of nitrogens with zero attached hydrogens (tertiary/aromatic N) is 4. The van der Waals surface area contributed by atoms with Crippen molar-refractivity contribution in [2.45, 2.75) is 52.7 Å². The Hall–Kier alpha value is -3.47. The number of carbonyl (C=O) groups is 1. The second-order valence-corrected chi connectivity index (χ2v) is 11.2. The van der Waals surface area contributed by atoms with Crippen molar-refractivity contribution < 1.29 is 14.3 Å². The van der Waals surface area contributed by atoms with E-state index >= 15 is 0 Å². The SMILES string of the molecule is Cc1cc(C)c(CNC(=O)c2cc(-c3cnn(CCN4CCOCC4)c3)cc(N(C)C3CCOCC3)c2C)c(=O)[nH]1. The summed E-state index contributed by atoms with van der Waals surface area (Å²) in [5.74, 6) is -0.204. The zero-order valence-corrected chi connectivity index (χ0v) is 24.7. The predicted molar refractivity (Wildman–Crippen MR) is 160 cm³/mol. The van der Waals surface area contributed by atoms with Crippen molar-refractivity contribution in [3.05, 3.63) is 68.9 Å². The van der Waals surface area contributed by atoms with Gasteiger partial charge in [0.05, 0.1) is 26.0 Å². The maximum absolute atomic E-state index is 13.6. The Morgan fingerprint density at radius 2 is 1.78 bits per heavy atom. The van der Waals surface area contributed by atoms with Gasteiger partial charge in [-0.3, -0.25) is 19.2 Å². The molecule has 0 unspecified atom stereocenters. The van der Waals surface area contributed by atoms with Crippen molar-refractivity contribution in [3.8, 4) is 11.1 Å². The molecular weight excluding hydrogens is 520 g/mol. The topological polar surface area (TPSA) is 105 Å². The number of anilines is 1. The van der Waals surface area contributed by atoms with Gasteiger partial charge in [0.15, 0.2) is 0 Å². The number of nitrogens with one attached hydrogen (secondary N) is 2. The first-order valence-electron chi connectivity index (χ1n) is 14.6. The molecule has 0 aliphatic carbocycles. The van der Waals surface area contributed by atoms with Gasteiger partial charge in [-0.15, -0.1) is 0 Å². The Morgan fingerprint density at radius 1 is 1.05 bits per heavy atom. The Balaban J connectivity index is 1.42. The number of carbonyl (C=O) groups excluding carboxylic acids is 1. The summed E-state index contributed by atoms with van der Waals surface area (Å²) < 4.78 is 13.0. The molecule has 10 heteroatoms. The van der Waals surface area contributed by atoms with Crippen LogP contribution >= 0.6 is 0 Å². The molecule has 0 radical (unpaired) electrons. The minimum atomic E-state index is -0.204. The summed E-state index contributed by atoms with van der Waals surface area (Å²) in [7, 11) is 2.10. The average molecular weight is 563 g/mol. The first kappa shape index (κ1) is 29.0. The van der Waals surface area contributed by atoms with E-state index < -0.39 is 0 Å². The van der Waals surface area contributed by atoms with Crippen molar-refractivity contribution in [2.75, 3.05) is 58.0 Å². The molecule has 2 fully saturated rings. The van der Waals surface area contributed by atoms with Crippen LogP contribution in [0.5, 0.6) is 0 Å². The third kappa shape index (κ3) is 6.89. The van der Waals surface area contributed by atoms with Crippen LogP contribution in [0.3, 0.4) is 0 Å². The normalized spacial score (nSPS) is 16.6. The highest BCUT2D eigenvalue weighted by atomic mass is 16.5. The van der Waals surface area contributed by atoms with Gasteiger partial charge in [-0.1, -0.05) is 0 Å². The van der Waals surface area contributed by atoms with Gasteiger partial charge in [0, 0.05) is 86.8 Å². The number of aromatic amines is 1. The molecule has 2 aliphatic heterocycles. The zero-order chi connectivity index (χ0) is 28.9. The monoisotopic (exact) mass is 562 g/mol. The molecule has 0 saturated carbocycles. The van der Waals surface area contributed by atoms with Crippen LogP contribution in [0.1, 0.15) is 45.6 Å². The van der Waals surface area contributed by atoms with Crippen molar-refractivity contribution in [3.63, 3.8) is 0 Å². The molecule has 10 nitrogen and oxygen atoms in total. The minimum Gasteiger partial charge on any atom is -0.381 e. The summed E-state index contributed by atoms with van der Waals surface area (Å²) in [5, 5.41) is 7.64. The fourth-order valence-corrected chi connectivity index (χ4v) is 5.81. The van der Waals surface area contributed by atoms with Gasteiger partial charge >= 0.3 is 0 Å². The van der Waals surface area contributed by atoms with Crippen LogP contribution in [0.4, 0.5) is 5.69 Å². The number of rotatable bonds is 9. The lowest BCUT2D eigenvalue weighted by molar-refractivity contribution is 0.0360. The highest BCUT2D eigenvalue weighted by molar-refractivity contribution is 5.98. The summed E-state index contributed by atoms with van der Waals surface area (Å²) in [6.45, 7) is 12.5. The summed E-state index contributed by atoms with van der Waals surface area (Å²) >= 11 is 0. The standard InChI is InChI=1S/C31H42N6O4/c1-21-15-22(2)34-31(39)28(21)19-32-30(38)27-16-24(17-29(23(27)3)35(4)26-5-11-40-12-6-26)25-18-33-37(20-25)8-7-36-9-13-41-14-10-36/h15-18,20,26H,5-14,19H2,1-4H3,(H,32,38)(H,34,39). The van der Waals surface area contributed by atoms with E-state index in [-0.39, 0.29) is 18.0 Å². The Labute approximate surface area is 241 Å². The van der Waals surface area contributed by atoms with Crippen LogP contribution in [-0.4, -0.2) is 84.7 Å². The van der Waals surface area contributed by atoms with Crippen molar-refractivity contribution in [1.82, 2.24) is 25.0 Å². The van der Waals surface area contributed by atoms with E-state index in [9.17, 15) is 9.59 Å². The van der Waals surface area contributed by atoms with Gasteiger partial charge in [-0.25, -0.2) is 0 Å². The summed E-state index contributed by atoms with van der Waals surface area (Å²) in [6.07, 6.45) is 5.81. The molecule has 0 atom stereocenters. The van der Waals surface area contributed by atoms with Gasteiger partial charge in [0.25, 0.3) is 11.5 Å². The molecule has 41 heavy (non-hydrogen) atoms. The minimum absolute atomic E-state index is 0.161. The zero-order valence-electron chi connectivity index (χ0n) is 24.7. The number of benzene rings is 1. The van der Waals surface area contributed by atoms with Gasteiger partial charge in [0.2, 0.25) is 0 Å². The van der Waals surface area contributed by atoms with Crippen LogP contribution in [0.25, 0.3) is 11.1 Å². The smallest absolute Gasteiger partial charge is 0.253 e. The van der Waals surface area contributed by atoms with Crippen LogP contribution in [0.2, 0.25) is 0 Å². The summed E-state index contributed by atoms with van der Waals surface area (Å²) in [5.41, 5.74) is 6.50. The second kappa shape index (κ2) is 13.0. The number of aromatic nitrogens is 3. The molecule has 2 aromatic heterocycles. The van der Waals surface area contributed by atoms with Gasteiger partial charge in [-0.2, -0.15) is 5.10 Å². The number of amides is 1. The number of hydrogen-bond donors (Lipinski definition) is 2. The van der Waals surface area contributed by atoms with Gasteiger partial charge in [0.1, 0.15) is 0 Å². The maximum atomic E-state index is 13.6.